The molecule has 0 amide bonds. The summed E-state index contributed by atoms with van der Waals surface area (Å²) in [5.74, 6) is 0.0524. The molecule has 3 heterocycles. The molecule has 2 bridgehead atoms. The molecule has 0 N–H and O–H groups in total. The number of nitrogens with zero attached hydrogens (tertiary/aromatic N) is 1. The van der Waals surface area contributed by atoms with E-state index >= 15 is 0 Å². The number of carbonyl (C=O) groups is 1. The van der Waals surface area contributed by atoms with Gasteiger partial charge in [0.15, 0.2) is 0 Å². The number of hydrogen-bond acceptors (Lipinski definition) is 2. The predicted octanol–water partition coefficient (Wildman–Crippen LogP) is 1.87. The monoisotopic (exact) mass is 201 g/mol. The molecule has 74 valence electrons. The van der Waals surface area contributed by atoms with Gasteiger partial charge in [0.2, 0.25) is 5.24 Å². The molecule has 3 heteroatoms. The molecule has 0 aliphatic carbocycles. The van der Waals surface area contributed by atoms with Gasteiger partial charge >= 0.3 is 0 Å². The molecule has 0 spiro atoms. The van der Waals surface area contributed by atoms with Crippen molar-refractivity contribution in [3.05, 3.63) is 0 Å². The van der Waals surface area contributed by atoms with Gasteiger partial charge in [0.05, 0.1) is 0 Å². The van der Waals surface area contributed by atoms with Gasteiger partial charge in [-0.15, -0.1) is 0 Å². The van der Waals surface area contributed by atoms with Gasteiger partial charge in [-0.3, -0.25) is 4.79 Å². The van der Waals surface area contributed by atoms with Crippen LogP contribution < -0.4 is 0 Å². The molecule has 0 saturated carbocycles. The molecule has 3 aliphatic rings. The first-order valence-electron chi connectivity index (χ1n) is 5.06. The van der Waals surface area contributed by atoms with Crippen LogP contribution in [0.15, 0.2) is 0 Å². The number of carbonyl (C=O) groups excluding carboxylic acids is 1. The third kappa shape index (κ3) is 1.50. The van der Waals surface area contributed by atoms with Gasteiger partial charge in [0, 0.05) is 5.92 Å². The van der Waals surface area contributed by atoms with Crippen molar-refractivity contribution in [1.29, 1.82) is 0 Å². The van der Waals surface area contributed by atoms with E-state index in [2.05, 4.69) is 4.90 Å². The van der Waals surface area contributed by atoms with E-state index in [4.69, 9.17) is 11.6 Å². The number of hydrogen-bond donors (Lipinski definition) is 0. The van der Waals surface area contributed by atoms with Crippen molar-refractivity contribution in [2.75, 3.05) is 19.6 Å². The zero-order valence-electron chi connectivity index (χ0n) is 8.05. The van der Waals surface area contributed by atoms with Crippen molar-refractivity contribution < 1.29 is 4.79 Å². The van der Waals surface area contributed by atoms with Crippen molar-refractivity contribution in [3.8, 4) is 0 Å². The highest BCUT2D eigenvalue weighted by Crippen LogP contribution is 2.46. The summed E-state index contributed by atoms with van der Waals surface area (Å²) in [6.45, 7) is 5.48. The van der Waals surface area contributed by atoms with Crippen molar-refractivity contribution in [2.45, 2.75) is 26.2 Å². The largest absolute Gasteiger partial charge is 0.303 e. The number of fused-ring (bicyclic) bond motifs is 3. The molecular formula is C10H16ClNO. The van der Waals surface area contributed by atoms with Crippen molar-refractivity contribution in [3.63, 3.8) is 0 Å². The van der Waals surface area contributed by atoms with Gasteiger partial charge in [-0.25, -0.2) is 0 Å². The minimum absolute atomic E-state index is 0.0524. The summed E-state index contributed by atoms with van der Waals surface area (Å²) in [5.41, 5.74) is 0.244. The molecule has 0 radical (unpaired) electrons. The summed E-state index contributed by atoms with van der Waals surface area (Å²) in [4.78, 5) is 13.7. The summed E-state index contributed by atoms with van der Waals surface area (Å²) in [6.07, 6.45) is 3.48. The fraction of sp³-hybridized carbons (Fsp3) is 0.900. The van der Waals surface area contributed by atoms with E-state index in [0.29, 0.717) is 0 Å². The van der Waals surface area contributed by atoms with Crippen LogP contribution in [-0.4, -0.2) is 29.8 Å². The van der Waals surface area contributed by atoms with Gasteiger partial charge in [-0.05, 0) is 55.9 Å². The second kappa shape index (κ2) is 3.25. The first-order valence-corrected chi connectivity index (χ1v) is 5.44. The third-order valence-electron chi connectivity index (χ3n) is 4.04. The highest BCUT2D eigenvalue weighted by atomic mass is 35.5. The Kier molecular flexibility index (Phi) is 2.37. The summed E-state index contributed by atoms with van der Waals surface area (Å²) < 4.78 is 0. The minimum atomic E-state index is -0.143. The lowest BCUT2D eigenvalue weighted by molar-refractivity contribution is -0.122. The van der Waals surface area contributed by atoms with E-state index < -0.39 is 0 Å². The zero-order valence-corrected chi connectivity index (χ0v) is 8.81. The zero-order chi connectivity index (χ0) is 9.47. The molecule has 3 aliphatic heterocycles. The van der Waals surface area contributed by atoms with Crippen LogP contribution in [0.4, 0.5) is 0 Å². The Labute approximate surface area is 84.2 Å². The maximum atomic E-state index is 11.2. The molecule has 0 aromatic heterocycles. The van der Waals surface area contributed by atoms with Crippen molar-refractivity contribution in [2.24, 2.45) is 11.3 Å². The van der Waals surface area contributed by atoms with Crippen LogP contribution in [0.25, 0.3) is 0 Å². The van der Waals surface area contributed by atoms with Gasteiger partial charge in [0.25, 0.3) is 0 Å². The minimum Gasteiger partial charge on any atom is -0.303 e. The number of halogens is 1. The van der Waals surface area contributed by atoms with E-state index in [1.165, 1.54) is 0 Å². The van der Waals surface area contributed by atoms with Gasteiger partial charge in [-0.2, -0.15) is 0 Å². The fourth-order valence-electron chi connectivity index (χ4n) is 2.74. The predicted molar refractivity (Wildman–Crippen MR) is 52.7 cm³/mol. The average molecular weight is 202 g/mol. The molecule has 2 nitrogen and oxygen atoms in total. The van der Waals surface area contributed by atoms with Crippen molar-refractivity contribution in [1.82, 2.24) is 4.90 Å². The van der Waals surface area contributed by atoms with Gasteiger partial charge in [-0.1, -0.05) is 6.92 Å². The lowest BCUT2D eigenvalue weighted by Gasteiger charge is -2.50. The molecule has 0 aromatic rings. The number of rotatable bonds is 2. The molecular weight excluding hydrogens is 186 g/mol. The van der Waals surface area contributed by atoms with E-state index in [0.717, 1.165) is 38.9 Å². The maximum absolute atomic E-state index is 11.2. The summed E-state index contributed by atoms with van der Waals surface area (Å²) >= 11 is 5.59. The first kappa shape index (κ1) is 9.47. The van der Waals surface area contributed by atoms with Crippen LogP contribution in [0.5, 0.6) is 0 Å². The average Bonchev–Trinajstić information content (AvgIpc) is 2.19. The Morgan fingerprint density at radius 3 is 2.15 bits per heavy atom. The quantitative estimate of drug-likeness (QED) is 0.636. The Balaban J connectivity index is 2.14. The Hall–Kier alpha value is -0.0800. The molecule has 13 heavy (non-hydrogen) atoms. The Morgan fingerprint density at radius 2 is 1.77 bits per heavy atom. The standard InChI is InChI=1S/C10H16ClNO/c1-8(9(11)13)10-2-5-12(6-3-10)7-4-10/h8H,2-7H2,1H3. The fourth-order valence-corrected chi connectivity index (χ4v) is 2.97. The highest BCUT2D eigenvalue weighted by Gasteiger charge is 2.45. The van der Waals surface area contributed by atoms with Crippen LogP contribution in [0.1, 0.15) is 26.2 Å². The maximum Gasteiger partial charge on any atom is 0.224 e. The number of piperidine rings is 3. The smallest absolute Gasteiger partial charge is 0.224 e. The first-order chi connectivity index (χ1) is 6.14. The topological polar surface area (TPSA) is 20.3 Å². The normalized spacial score (nSPS) is 40.3. The highest BCUT2D eigenvalue weighted by molar-refractivity contribution is 6.64. The molecule has 1 unspecified atom stereocenters. The van der Waals surface area contributed by atoms with Crippen LogP contribution >= 0.6 is 11.6 Å². The van der Waals surface area contributed by atoms with Crippen LogP contribution in [0, 0.1) is 11.3 Å². The van der Waals surface area contributed by atoms with Crippen LogP contribution in [0.2, 0.25) is 0 Å². The summed E-state index contributed by atoms with van der Waals surface area (Å²) in [5, 5.41) is -0.143. The molecule has 3 rings (SSSR count). The SMILES string of the molecule is CC(C(=O)Cl)C12CCN(CC1)CC2. The Bertz CT molecular complexity index is 207. The molecule has 0 aromatic carbocycles. The summed E-state index contributed by atoms with van der Waals surface area (Å²) in [6, 6.07) is 0. The van der Waals surface area contributed by atoms with Crippen LogP contribution in [0.3, 0.4) is 0 Å². The lowest BCUT2D eigenvalue weighted by Crippen LogP contribution is -2.51. The van der Waals surface area contributed by atoms with E-state index in [-0.39, 0.29) is 16.6 Å². The van der Waals surface area contributed by atoms with Crippen molar-refractivity contribution >= 4 is 16.8 Å². The van der Waals surface area contributed by atoms with E-state index in [1.54, 1.807) is 0 Å². The second-order valence-corrected chi connectivity index (χ2v) is 4.85. The van der Waals surface area contributed by atoms with Crippen LogP contribution in [-0.2, 0) is 4.79 Å². The molecule has 1 atom stereocenters. The lowest BCUT2D eigenvalue weighted by atomic mass is 9.65. The van der Waals surface area contributed by atoms with E-state index in [9.17, 15) is 4.79 Å². The van der Waals surface area contributed by atoms with Gasteiger partial charge < -0.3 is 4.90 Å². The van der Waals surface area contributed by atoms with Gasteiger partial charge in [0.1, 0.15) is 0 Å². The second-order valence-electron chi connectivity index (χ2n) is 4.48. The third-order valence-corrected chi connectivity index (χ3v) is 4.36. The Morgan fingerprint density at radius 1 is 1.31 bits per heavy atom. The molecule has 3 saturated heterocycles. The van der Waals surface area contributed by atoms with E-state index in [1.807, 2.05) is 6.92 Å². The molecule has 3 fully saturated rings. The summed E-state index contributed by atoms with van der Waals surface area (Å²) in [7, 11) is 0.